The van der Waals surface area contributed by atoms with Crippen LogP contribution in [0.3, 0.4) is 0 Å². The SMILES string of the molecule is O=C(CN1CCOCC1)NC[C@]1(O)CCN(c2cnccn2)C1. The lowest BCUT2D eigenvalue weighted by atomic mass is 10.0. The van der Waals surface area contributed by atoms with Gasteiger partial charge in [-0.25, -0.2) is 4.98 Å². The second-order valence-electron chi connectivity index (χ2n) is 6.12. The number of hydrogen-bond acceptors (Lipinski definition) is 7. The molecule has 2 aliphatic heterocycles. The molecule has 1 amide bonds. The van der Waals surface area contributed by atoms with Crippen LogP contribution in [0.2, 0.25) is 0 Å². The predicted octanol–water partition coefficient (Wildman–Crippen LogP) is -1.13. The minimum Gasteiger partial charge on any atom is -0.386 e. The van der Waals surface area contributed by atoms with E-state index >= 15 is 0 Å². The number of morpholine rings is 1. The van der Waals surface area contributed by atoms with E-state index in [0.717, 1.165) is 18.9 Å². The van der Waals surface area contributed by atoms with Gasteiger partial charge in [0.2, 0.25) is 5.91 Å². The van der Waals surface area contributed by atoms with E-state index < -0.39 is 5.60 Å². The van der Waals surface area contributed by atoms with Crippen LogP contribution in [0.4, 0.5) is 5.82 Å². The molecule has 8 nitrogen and oxygen atoms in total. The van der Waals surface area contributed by atoms with Crippen LogP contribution in [0.25, 0.3) is 0 Å². The van der Waals surface area contributed by atoms with Crippen molar-refractivity contribution < 1.29 is 14.6 Å². The average molecular weight is 321 g/mol. The van der Waals surface area contributed by atoms with Crippen LogP contribution in [0, 0.1) is 0 Å². The van der Waals surface area contributed by atoms with Crippen molar-refractivity contribution in [3.63, 3.8) is 0 Å². The summed E-state index contributed by atoms with van der Waals surface area (Å²) >= 11 is 0. The van der Waals surface area contributed by atoms with Crippen LogP contribution < -0.4 is 10.2 Å². The van der Waals surface area contributed by atoms with Crippen LogP contribution in [0.15, 0.2) is 18.6 Å². The number of β-amino-alcohol motifs (C(OH)–C–C–N with tert-alkyl or cyclic N) is 1. The molecule has 2 aliphatic rings. The largest absolute Gasteiger partial charge is 0.386 e. The first kappa shape index (κ1) is 16.1. The maximum Gasteiger partial charge on any atom is 0.234 e. The topological polar surface area (TPSA) is 90.8 Å². The van der Waals surface area contributed by atoms with Gasteiger partial charge in [0.1, 0.15) is 11.4 Å². The first-order chi connectivity index (χ1) is 11.1. The number of carbonyl (C=O) groups is 1. The number of amides is 1. The van der Waals surface area contributed by atoms with Crippen LogP contribution in [0.1, 0.15) is 6.42 Å². The summed E-state index contributed by atoms with van der Waals surface area (Å²) in [6.07, 6.45) is 5.54. The van der Waals surface area contributed by atoms with E-state index in [-0.39, 0.29) is 12.5 Å². The molecule has 0 saturated carbocycles. The molecule has 1 aromatic rings. The quantitative estimate of drug-likeness (QED) is 0.709. The molecule has 0 aliphatic carbocycles. The number of nitrogens with one attached hydrogen (secondary N) is 1. The summed E-state index contributed by atoms with van der Waals surface area (Å²) in [4.78, 5) is 24.4. The third-order valence-corrected chi connectivity index (χ3v) is 4.29. The average Bonchev–Trinajstić information content (AvgIpc) is 2.98. The van der Waals surface area contributed by atoms with Crippen molar-refractivity contribution in [2.24, 2.45) is 0 Å². The summed E-state index contributed by atoms with van der Waals surface area (Å²) in [5.74, 6) is 0.696. The van der Waals surface area contributed by atoms with Crippen molar-refractivity contribution >= 4 is 11.7 Å². The Balaban J connectivity index is 1.45. The Morgan fingerprint density at radius 2 is 2.17 bits per heavy atom. The number of carbonyl (C=O) groups excluding carboxylic acids is 1. The van der Waals surface area contributed by atoms with Crippen molar-refractivity contribution in [2.75, 3.05) is 57.4 Å². The Bertz CT molecular complexity index is 523. The van der Waals surface area contributed by atoms with Gasteiger partial charge in [-0.3, -0.25) is 14.7 Å². The zero-order chi connectivity index (χ0) is 16.1. The molecule has 0 aromatic carbocycles. The Kier molecular flexibility index (Phi) is 5.04. The lowest BCUT2D eigenvalue weighted by molar-refractivity contribution is -0.124. The molecule has 3 heterocycles. The van der Waals surface area contributed by atoms with Crippen molar-refractivity contribution in [3.8, 4) is 0 Å². The summed E-state index contributed by atoms with van der Waals surface area (Å²) in [6, 6.07) is 0. The fourth-order valence-electron chi connectivity index (χ4n) is 2.93. The van der Waals surface area contributed by atoms with Crippen LogP contribution in [-0.2, 0) is 9.53 Å². The van der Waals surface area contributed by atoms with E-state index in [1.807, 2.05) is 4.90 Å². The van der Waals surface area contributed by atoms with Crippen molar-refractivity contribution in [1.29, 1.82) is 0 Å². The third-order valence-electron chi connectivity index (χ3n) is 4.29. The fraction of sp³-hybridized carbons (Fsp3) is 0.667. The number of anilines is 1. The highest BCUT2D eigenvalue weighted by atomic mass is 16.5. The molecule has 0 spiro atoms. The number of aromatic nitrogens is 2. The second kappa shape index (κ2) is 7.20. The molecule has 0 radical (unpaired) electrons. The smallest absolute Gasteiger partial charge is 0.234 e. The molecule has 8 heteroatoms. The molecule has 3 rings (SSSR count). The summed E-state index contributed by atoms with van der Waals surface area (Å²) in [5, 5.41) is 13.5. The molecular weight excluding hydrogens is 298 g/mol. The zero-order valence-electron chi connectivity index (χ0n) is 13.1. The highest BCUT2D eigenvalue weighted by molar-refractivity contribution is 5.78. The Labute approximate surface area is 135 Å². The van der Waals surface area contributed by atoms with Gasteiger partial charge in [0.25, 0.3) is 0 Å². The molecule has 2 fully saturated rings. The number of hydrogen-bond donors (Lipinski definition) is 2. The minimum atomic E-state index is -0.918. The second-order valence-corrected chi connectivity index (χ2v) is 6.12. The maximum absolute atomic E-state index is 12.0. The molecule has 0 bridgehead atoms. The van der Waals surface area contributed by atoms with Gasteiger partial charge < -0.3 is 20.1 Å². The summed E-state index contributed by atoms with van der Waals surface area (Å²) in [5.41, 5.74) is -0.918. The first-order valence-corrected chi connectivity index (χ1v) is 7.95. The Hall–Kier alpha value is -1.77. The maximum atomic E-state index is 12.0. The van der Waals surface area contributed by atoms with Crippen LogP contribution in [0.5, 0.6) is 0 Å². The van der Waals surface area contributed by atoms with Crippen LogP contribution >= 0.6 is 0 Å². The number of nitrogens with zero attached hydrogens (tertiary/aromatic N) is 4. The molecule has 2 N–H and O–H groups in total. The molecule has 2 saturated heterocycles. The summed E-state index contributed by atoms with van der Waals surface area (Å²) in [6.45, 7) is 4.66. The zero-order valence-corrected chi connectivity index (χ0v) is 13.1. The van der Waals surface area contributed by atoms with Crippen molar-refractivity contribution in [2.45, 2.75) is 12.0 Å². The van der Waals surface area contributed by atoms with Gasteiger partial charge in [-0.2, -0.15) is 0 Å². The predicted molar refractivity (Wildman–Crippen MR) is 84.1 cm³/mol. The van der Waals surface area contributed by atoms with E-state index in [2.05, 4.69) is 20.2 Å². The van der Waals surface area contributed by atoms with E-state index in [1.165, 1.54) is 0 Å². The van der Waals surface area contributed by atoms with Gasteiger partial charge in [0, 0.05) is 45.1 Å². The van der Waals surface area contributed by atoms with E-state index in [0.29, 0.717) is 39.3 Å². The lowest BCUT2D eigenvalue weighted by Gasteiger charge is -2.27. The van der Waals surface area contributed by atoms with Crippen LogP contribution in [-0.4, -0.2) is 84.0 Å². The van der Waals surface area contributed by atoms with Crippen molar-refractivity contribution in [3.05, 3.63) is 18.6 Å². The normalized spacial score (nSPS) is 25.5. The van der Waals surface area contributed by atoms with Gasteiger partial charge >= 0.3 is 0 Å². The highest BCUT2D eigenvalue weighted by Crippen LogP contribution is 2.24. The molecule has 0 unspecified atom stereocenters. The third kappa shape index (κ3) is 4.37. The Morgan fingerprint density at radius 3 is 2.91 bits per heavy atom. The van der Waals surface area contributed by atoms with E-state index in [9.17, 15) is 9.90 Å². The minimum absolute atomic E-state index is 0.0572. The molecule has 126 valence electrons. The number of rotatable bonds is 5. The van der Waals surface area contributed by atoms with E-state index in [1.54, 1.807) is 18.6 Å². The van der Waals surface area contributed by atoms with Gasteiger partial charge in [-0.15, -0.1) is 0 Å². The fourth-order valence-corrected chi connectivity index (χ4v) is 2.93. The number of ether oxygens (including phenoxy) is 1. The molecule has 1 atom stereocenters. The highest BCUT2D eigenvalue weighted by Gasteiger charge is 2.37. The molecule has 23 heavy (non-hydrogen) atoms. The first-order valence-electron chi connectivity index (χ1n) is 7.95. The summed E-state index contributed by atoms with van der Waals surface area (Å²) < 4.78 is 5.26. The standard InChI is InChI=1S/C15H23N5O3/c21-14(10-19-5-7-23-8-6-19)18-11-15(22)1-4-20(12-15)13-9-16-2-3-17-13/h2-3,9,22H,1,4-8,10-12H2,(H,18,21)/t15-/m1/s1. The Morgan fingerprint density at radius 1 is 1.35 bits per heavy atom. The summed E-state index contributed by atoms with van der Waals surface area (Å²) in [7, 11) is 0. The molecular formula is C15H23N5O3. The van der Waals surface area contributed by atoms with Gasteiger partial charge in [-0.05, 0) is 6.42 Å². The monoisotopic (exact) mass is 321 g/mol. The van der Waals surface area contributed by atoms with Gasteiger partial charge in [0.15, 0.2) is 0 Å². The lowest BCUT2D eigenvalue weighted by Crippen LogP contribution is -2.49. The van der Waals surface area contributed by atoms with Gasteiger partial charge in [0.05, 0.1) is 26.0 Å². The van der Waals surface area contributed by atoms with Gasteiger partial charge in [-0.1, -0.05) is 0 Å². The van der Waals surface area contributed by atoms with E-state index in [4.69, 9.17) is 4.74 Å². The van der Waals surface area contributed by atoms with Crippen molar-refractivity contribution in [1.82, 2.24) is 20.2 Å². The molecule has 1 aromatic heterocycles. The number of aliphatic hydroxyl groups is 1.